The number of rotatable bonds is 2. The van der Waals surface area contributed by atoms with Gasteiger partial charge in [0.05, 0.1) is 0 Å². The van der Waals surface area contributed by atoms with E-state index < -0.39 is 0 Å². The van der Waals surface area contributed by atoms with Crippen LogP contribution in [0, 0.1) is 5.92 Å². The Morgan fingerprint density at radius 1 is 1.24 bits per heavy atom. The van der Waals surface area contributed by atoms with Crippen molar-refractivity contribution in [2.45, 2.75) is 45.6 Å². The van der Waals surface area contributed by atoms with Gasteiger partial charge in [-0.2, -0.15) is 0 Å². The van der Waals surface area contributed by atoms with Crippen LogP contribution in [0.2, 0.25) is 0 Å². The van der Waals surface area contributed by atoms with E-state index in [4.69, 9.17) is 0 Å². The molecular formula is C18H24N2O. The number of carbonyl (C=O) groups excluding carboxylic acids is 1. The standard InChI is InChI=1S/C18H24N2O/c1-14(15-6-2-3-7-15)12-19-18(21)20-11-10-16-8-4-5-9-17(16)13-20/h4-5,8-9,12,15H,2-3,6-7,10-11,13H2,1H3,(H,19,21)/b14-12+. The van der Waals surface area contributed by atoms with Crippen LogP contribution in [0.3, 0.4) is 0 Å². The van der Waals surface area contributed by atoms with Crippen LogP contribution in [0.15, 0.2) is 36.0 Å². The first-order chi connectivity index (χ1) is 10.2. The summed E-state index contributed by atoms with van der Waals surface area (Å²) in [6, 6.07) is 8.43. The van der Waals surface area contributed by atoms with E-state index in [-0.39, 0.29) is 6.03 Å². The predicted molar refractivity (Wildman–Crippen MR) is 84.8 cm³/mol. The van der Waals surface area contributed by atoms with E-state index in [2.05, 4.69) is 30.4 Å². The van der Waals surface area contributed by atoms with Gasteiger partial charge in [-0.15, -0.1) is 0 Å². The third kappa shape index (κ3) is 3.29. The molecular weight excluding hydrogens is 260 g/mol. The molecule has 0 aromatic heterocycles. The first-order valence-electron chi connectivity index (χ1n) is 8.03. The molecule has 0 atom stereocenters. The SMILES string of the molecule is C/C(=C\NC(=O)N1CCc2ccccc2C1)C1CCCC1. The number of allylic oxidation sites excluding steroid dienone is 1. The Bertz CT molecular complexity index is 544. The minimum absolute atomic E-state index is 0.0295. The lowest BCUT2D eigenvalue weighted by Gasteiger charge is -2.28. The lowest BCUT2D eigenvalue weighted by molar-refractivity contribution is 0.196. The molecule has 1 saturated carbocycles. The molecule has 0 radical (unpaired) electrons. The lowest BCUT2D eigenvalue weighted by Crippen LogP contribution is -2.41. The second-order valence-corrected chi connectivity index (χ2v) is 6.26. The Morgan fingerprint density at radius 3 is 2.71 bits per heavy atom. The van der Waals surface area contributed by atoms with Crippen LogP contribution in [0.1, 0.15) is 43.7 Å². The molecule has 1 N–H and O–H groups in total. The molecule has 1 aromatic rings. The normalized spacial score (nSPS) is 19.5. The van der Waals surface area contributed by atoms with Crippen LogP contribution in [0.25, 0.3) is 0 Å². The number of carbonyl (C=O) groups is 1. The lowest BCUT2D eigenvalue weighted by atomic mass is 10.00. The minimum Gasteiger partial charge on any atom is -0.320 e. The van der Waals surface area contributed by atoms with Gasteiger partial charge in [-0.3, -0.25) is 0 Å². The van der Waals surface area contributed by atoms with Crippen LogP contribution in [-0.2, 0) is 13.0 Å². The fourth-order valence-corrected chi connectivity index (χ4v) is 3.43. The highest BCUT2D eigenvalue weighted by Gasteiger charge is 2.20. The average molecular weight is 284 g/mol. The van der Waals surface area contributed by atoms with Crippen molar-refractivity contribution in [2.24, 2.45) is 5.92 Å². The van der Waals surface area contributed by atoms with Crippen LogP contribution in [0.5, 0.6) is 0 Å². The Hall–Kier alpha value is -1.77. The van der Waals surface area contributed by atoms with Gasteiger partial charge >= 0.3 is 6.03 Å². The number of nitrogens with one attached hydrogen (secondary N) is 1. The van der Waals surface area contributed by atoms with Crippen molar-refractivity contribution in [3.63, 3.8) is 0 Å². The first-order valence-corrected chi connectivity index (χ1v) is 8.03. The van der Waals surface area contributed by atoms with Gasteiger partial charge in [0, 0.05) is 19.3 Å². The summed E-state index contributed by atoms with van der Waals surface area (Å²) in [6.07, 6.45) is 8.08. The second kappa shape index (κ2) is 6.33. The maximum absolute atomic E-state index is 12.3. The molecule has 1 aliphatic heterocycles. The summed E-state index contributed by atoms with van der Waals surface area (Å²) in [6.45, 7) is 3.67. The Balaban J connectivity index is 1.58. The van der Waals surface area contributed by atoms with Crippen molar-refractivity contribution in [2.75, 3.05) is 6.54 Å². The van der Waals surface area contributed by atoms with Gasteiger partial charge in [0.1, 0.15) is 0 Å². The topological polar surface area (TPSA) is 32.3 Å². The van der Waals surface area contributed by atoms with E-state index >= 15 is 0 Å². The van der Waals surface area contributed by atoms with Gasteiger partial charge in [0.2, 0.25) is 0 Å². The molecule has 2 aliphatic rings. The number of amides is 2. The van der Waals surface area contributed by atoms with Crippen molar-refractivity contribution >= 4 is 6.03 Å². The van der Waals surface area contributed by atoms with Gasteiger partial charge in [0.25, 0.3) is 0 Å². The van der Waals surface area contributed by atoms with E-state index in [1.165, 1.54) is 42.4 Å². The smallest absolute Gasteiger partial charge is 0.320 e. The zero-order chi connectivity index (χ0) is 14.7. The van der Waals surface area contributed by atoms with Crippen molar-refractivity contribution in [1.82, 2.24) is 10.2 Å². The maximum atomic E-state index is 12.3. The van der Waals surface area contributed by atoms with Crippen molar-refractivity contribution in [3.8, 4) is 0 Å². The molecule has 0 spiro atoms. The quantitative estimate of drug-likeness (QED) is 0.879. The molecule has 112 valence electrons. The van der Waals surface area contributed by atoms with Crippen molar-refractivity contribution < 1.29 is 4.79 Å². The zero-order valence-electron chi connectivity index (χ0n) is 12.8. The summed E-state index contributed by atoms with van der Waals surface area (Å²) in [5.41, 5.74) is 3.97. The zero-order valence-corrected chi connectivity index (χ0v) is 12.8. The van der Waals surface area contributed by atoms with Crippen molar-refractivity contribution in [3.05, 3.63) is 47.2 Å². The molecule has 0 saturated heterocycles. The summed E-state index contributed by atoms with van der Waals surface area (Å²) in [5.74, 6) is 0.674. The van der Waals surface area contributed by atoms with Gasteiger partial charge in [-0.1, -0.05) is 42.7 Å². The Kier molecular flexibility index (Phi) is 4.28. The van der Waals surface area contributed by atoms with Crippen LogP contribution >= 0.6 is 0 Å². The Labute approximate surface area is 127 Å². The van der Waals surface area contributed by atoms with E-state index in [9.17, 15) is 4.79 Å². The molecule has 0 unspecified atom stereocenters. The molecule has 3 rings (SSSR count). The van der Waals surface area contributed by atoms with Gasteiger partial charge in [0.15, 0.2) is 0 Å². The fraction of sp³-hybridized carbons (Fsp3) is 0.500. The molecule has 2 amide bonds. The van der Waals surface area contributed by atoms with Gasteiger partial charge in [-0.05, 0) is 43.2 Å². The highest BCUT2D eigenvalue weighted by Crippen LogP contribution is 2.30. The van der Waals surface area contributed by atoms with Crippen molar-refractivity contribution in [1.29, 1.82) is 0 Å². The molecule has 1 aromatic carbocycles. The van der Waals surface area contributed by atoms with Crippen LogP contribution in [-0.4, -0.2) is 17.5 Å². The van der Waals surface area contributed by atoms with E-state index in [0.29, 0.717) is 5.92 Å². The number of fused-ring (bicyclic) bond motifs is 1. The number of urea groups is 1. The highest BCUT2D eigenvalue weighted by atomic mass is 16.2. The maximum Gasteiger partial charge on any atom is 0.321 e. The molecule has 3 heteroatoms. The van der Waals surface area contributed by atoms with E-state index in [0.717, 1.165) is 19.5 Å². The summed E-state index contributed by atoms with van der Waals surface area (Å²) in [7, 11) is 0. The number of benzene rings is 1. The molecule has 21 heavy (non-hydrogen) atoms. The molecule has 3 nitrogen and oxygen atoms in total. The third-order valence-electron chi connectivity index (χ3n) is 4.84. The first kappa shape index (κ1) is 14.2. The number of hydrogen-bond donors (Lipinski definition) is 1. The molecule has 1 heterocycles. The molecule has 0 bridgehead atoms. The third-order valence-corrected chi connectivity index (χ3v) is 4.84. The second-order valence-electron chi connectivity index (χ2n) is 6.26. The summed E-state index contributed by atoms with van der Waals surface area (Å²) < 4.78 is 0. The highest BCUT2D eigenvalue weighted by molar-refractivity contribution is 5.75. The molecule has 1 aliphatic carbocycles. The molecule has 1 fully saturated rings. The van der Waals surface area contributed by atoms with Gasteiger partial charge in [-0.25, -0.2) is 4.79 Å². The van der Waals surface area contributed by atoms with Crippen LogP contribution in [0.4, 0.5) is 4.79 Å². The minimum atomic E-state index is 0.0295. The summed E-state index contributed by atoms with van der Waals surface area (Å²) >= 11 is 0. The Morgan fingerprint density at radius 2 is 1.95 bits per heavy atom. The largest absolute Gasteiger partial charge is 0.321 e. The number of hydrogen-bond acceptors (Lipinski definition) is 1. The summed E-state index contributed by atoms with van der Waals surface area (Å²) in [4.78, 5) is 14.2. The average Bonchev–Trinajstić information content (AvgIpc) is 3.06. The van der Waals surface area contributed by atoms with Gasteiger partial charge < -0.3 is 10.2 Å². The number of nitrogens with zero attached hydrogens (tertiary/aromatic N) is 1. The van der Waals surface area contributed by atoms with Crippen LogP contribution < -0.4 is 5.32 Å². The van der Waals surface area contributed by atoms with E-state index in [1.807, 2.05) is 17.2 Å². The predicted octanol–water partition coefficient (Wildman–Crippen LogP) is 3.85. The van der Waals surface area contributed by atoms with E-state index in [1.54, 1.807) is 0 Å². The monoisotopic (exact) mass is 284 g/mol. The summed E-state index contributed by atoms with van der Waals surface area (Å²) in [5, 5.41) is 2.98. The fourth-order valence-electron chi connectivity index (χ4n) is 3.43.